The zero-order valence-corrected chi connectivity index (χ0v) is 15.6. The van der Waals surface area contributed by atoms with Crippen LogP contribution >= 0.6 is 0 Å². The van der Waals surface area contributed by atoms with Crippen molar-refractivity contribution in [2.75, 3.05) is 6.61 Å². The van der Waals surface area contributed by atoms with E-state index in [9.17, 15) is 24.9 Å². The van der Waals surface area contributed by atoms with Gasteiger partial charge in [0.1, 0.15) is 29.3 Å². The number of cyclic esters (lactones) is 1. The van der Waals surface area contributed by atoms with Gasteiger partial charge in [-0.2, -0.15) is 0 Å². The van der Waals surface area contributed by atoms with Crippen LogP contribution < -0.4 is 0 Å². The lowest BCUT2D eigenvalue weighted by Crippen LogP contribution is -2.68. The third kappa shape index (κ3) is 1.51. The monoisotopic (exact) mass is 394 g/mol. The van der Waals surface area contributed by atoms with Crippen LogP contribution in [-0.4, -0.2) is 81.7 Å². The van der Waals surface area contributed by atoms with Crippen LogP contribution in [0.1, 0.15) is 20.8 Å². The van der Waals surface area contributed by atoms with Crippen LogP contribution in [0.5, 0.6) is 0 Å². The number of ether oxygens (including phenoxy) is 4. The first kappa shape index (κ1) is 17.3. The molecule has 152 valence electrons. The van der Waals surface area contributed by atoms with E-state index in [4.69, 9.17) is 18.9 Å². The highest BCUT2D eigenvalue weighted by molar-refractivity contribution is 5.88. The fourth-order valence-corrected chi connectivity index (χ4v) is 6.75. The molecule has 0 radical (unpaired) electrons. The zero-order valence-electron chi connectivity index (χ0n) is 15.6. The van der Waals surface area contributed by atoms with Crippen LogP contribution in [-0.2, 0) is 28.5 Å². The Hall–Kier alpha value is -1.52. The molecule has 5 fully saturated rings. The van der Waals surface area contributed by atoms with Gasteiger partial charge in [0, 0.05) is 17.4 Å². The van der Waals surface area contributed by atoms with Crippen LogP contribution in [0.4, 0.5) is 0 Å². The SMILES string of the molecule is C[C@@]12C(=O)O[C@H]3[C@@H]1[C@@](C)(C1=CC(=O)O[C@H]([C@](C)(O)CO)[C@@]14O[C@H]34)[C@H]1O[C@H]1[C@@H]2O. The normalized spacial score (nSPS) is 59.5. The van der Waals surface area contributed by atoms with Crippen molar-refractivity contribution in [3.8, 4) is 0 Å². The van der Waals surface area contributed by atoms with Crippen molar-refractivity contribution in [2.24, 2.45) is 16.7 Å². The molecule has 9 nitrogen and oxygen atoms in total. The van der Waals surface area contributed by atoms with Crippen molar-refractivity contribution in [2.45, 2.75) is 68.6 Å². The standard InChI is InChI=1S/C19H22O9/c1-16(24,5-20)14-19-6(4-7(21)25-14)17(2)10-8(13(19)28-19)27-15(23)18(10,3)11(22)9-12(17)26-9/h4,8-14,20,22,24H,5H2,1-3H3/t8-,9-,10+,11-,12-,13+,14+,16+,17+,18+,19+/m0/s1. The Kier molecular flexibility index (Phi) is 2.77. The molecule has 0 aromatic heterocycles. The summed E-state index contributed by atoms with van der Waals surface area (Å²) in [5.41, 5.74) is -4.37. The van der Waals surface area contributed by atoms with Gasteiger partial charge in [-0.3, -0.25) is 4.79 Å². The summed E-state index contributed by atoms with van der Waals surface area (Å²) in [5.74, 6) is -1.62. The van der Waals surface area contributed by atoms with Crippen LogP contribution in [0.25, 0.3) is 0 Å². The maximum absolute atomic E-state index is 12.9. The molecule has 11 atom stereocenters. The summed E-state index contributed by atoms with van der Waals surface area (Å²) in [6.45, 7) is 4.32. The summed E-state index contributed by atoms with van der Waals surface area (Å²) in [4.78, 5) is 25.3. The highest BCUT2D eigenvalue weighted by atomic mass is 16.7. The first-order valence-corrected chi connectivity index (χ1v) is 9.53. The van der Waals surface area contributed by atoms with Gasteiger partial charge in [0.05, 0.1) is 18.8 Å². The molecule has 1 spiro atoms. The van der Waals surface area contributed by atoms with Crippen LogP contribution in [0.2, 0.25) is 0 Å². The highest BCUT2D eigenvalue weighted by Gasteiger charge is 2.89. The van der Waals surface area contributed by atoms with Crippen molar-refractivity contribution in [1.29, 1.82) is 0 Å². The maximum Gasteiger partial charge on any atom is 0.331 e. The second-order valence-electron chi connectivity index (χ2n) is 9.60. The number of aliphatic hydroxyl groups excluding tert-OH is 2. The minimum atomic E-state index is -1.75. The smallest absolute Gasteiger partial charge is 0.331 e. The van der Waals surface area contributed by atoms with E-state index < -0.39 is 83.1 Å². The van der Waals surface area contributed by atoms with Gasteiger partial charge in [0.15, 0.2) is 11.7 Å². The van der Waals surface area contributed by atoms with Gasteiger partial charge >= 0.3 is 11.9 Å². The Morgan fingerprint density at radius 1 is 1.14 bits per heavy atom. The van der Waals surface area contributed by atoms with E-state index in [1.54, 1.807) is 6.92 Å². The number of epoxide rings is 2. The molecule has 0 aromatic rings. The largest absolute Gasteiger partial charge is 0.459 e. The Morgan fingerprint density at radius 2 is 1.86 bits per heavy atom. The molecule has 2 aliphatic carbocycles. The molecule has 0 unspecified atom stereocenters. The summed E-state index contributed by atoms with van der Waals surface area (Å²) in [7, 11) is 0. The predicted molar refractivity (Wildman–Crippen MR) is 87.5 cm³/mol. The highest BCUT2D eigenvalue weighted by Crippen LogP contribution is 2.75. The molecule has 3 saturated heterocycles. The van der Waals surface area contributed by atoms with Gasteiger partial charge in [0.2, 0.25) is 0 Å². The average Bonchev–Trinajstić information content (AvgIpc) is 3.53. The third-order valence-corrected chi connectivity index (χ3v) is 8.10. The lowest BCUT2D eigenvalue weighted by Gasteiger charge is -2.54. The molecule has 9 heteroatoms. The minimum absolute atomic E-state index is 0.406. The van der Waals surface area contributed by atoms with E-state index in [0.29, 0.717) is 5.57 Å². The number of carbonyl (C=O) groups is 2. The summed E-state index contributed by atoms with van der Waals surface area (Å²) < 4.78 is 23.0. The number of carbonyl (C=O) groups excluding carboxylic acids is 2. The molecule has 0 bridgehead atoms. The molecule has 28 heavy (non-hydrogen) atoms. The lowest BCUT2D eigenvalue weighted by molar-refractivity contribution is -0.178. The van der Waals surface area contributed by atoms with Crippen LogP contribution in [0.15, 0.2) is 11.6 Å². The first-order chi connectivity index (χ1) is 13.0. The Labute approximate surface area is 160 Å². The summed E-state index contributed by atoms with van der Waals surface area (Å²) in [6.07, 6.45) is -3.06. The molecule has 2 saturated carbocycles. The van der Waals surface area contributed by atoms with Gasteiger partial charge in [-0.05, 0) is 19.4 Å². The Bertz CT molecular complexity index is 865. The van der Waals surface area contributed by atoms with Crippen molar-refractivity contribution < 1.29 is 43.9 Å². The van der Waals surface area contributed by atoms with Gasteiger partial charge in [0.25, 0.3) is 0 Å². The molecule has 6 aliphatic rings. The fourth-order valence-electron chi connectivity index (χ4n) is 6.75. The van der Waals surface area contributed by atoms with Gasteiger partial charge in [-0.15, -0.1) is 0 Å². The van der Waals surface area contributed by atoms with Gasteiger partial charge in [-0.1, -0.05) is 6.92 Å². The predicted octanol–water partition coefficient (Wildman–Crippen LogP) is -1.57. The molecular weight excluding hydrogens is 372 g/mol. The maximum atomic E-state index is 12.9. The minimum Gasteiger partial charge on any atom is -0.459 e. The first-order valence-electron chi connectivity index (χ1n) is 9.53. The molecule has 3 N–H and O–H groups in total. The number of esters is 2. The third-order valence-electron chi connectivity index (χ3n) is 8.10. The number of hydrogen-bond donors (Lipinski definition) is 3. The fraction of sp³-hybridized carbons (Fsp3) is 0.789. The zero-order chi connectivity index (χ0) is 20.0. The summed E-state index contributed by atoms with van der Waals surface area (Å²) in [5, 5.41) is 31.3. The summed E-state index contributed by atoms with van der Waals surface area (Å²) in [6, 6.07) is 0. The lowest BCUT2D eigenvalue weighted by atomic mass is 9.46. The second kappa shape index (κ2) is 4.46. The Balaban J connectivity index is 1.58. The summed E-state index contributed by atoms with van der Waals surface area (Å²) >= 11 is 0. The second-order valence-corrected chi connectivity index (χ2v) is 9.60. The molecule has 0 amide bonds. The van der Waals surface area contributed by atoms with E-state index in [0.717, 1.165) is 0 Å². The molecule has 6 rings (SSSR count). The number of fused-ring (bicyclic) bond motifs is 4. The van der Waals surface area contributed by atoms with Crippen molar-refractivity contribution >= 4 is 11.9 Å². The molecule has 4 heterocycles. The van der Waals surface area contributed by atoms with E-state index in [-0.39, 0.29) is 0 Å². The van der Waals surface area contributed by atoms with Gasteiger partial charge < -0.3 is 34.3 Å². The number of aliphatic hydroxyl groups is 3. The van der Waals surface area contributed by atoms with E-state index >= 15 is 0 Å². The van der Waals surface area contributed by atoms with Crippen molar-refractivity contribution in [3.63, 3.8) is 0 Å². The molecule has 0 aromatic carbocycles. The Morgan fingerprint density at radius 3 is 2.54 bits per heavy atom. The van der Waals surface area contributed by atoms with Crippen molar-refractivity contribution in [1.82, 2.24) is 0 Å². The average molecular weight is 394 g/mol. The topological polar surface area (TPSA) is 138 Å². The van der Waals surface area contributed by atoms with E-state index in [1.165, 1.54) is 13.0 Å². The van der Waals surface area contributed by atoms with Crippen molar-refractivity contribution in [3.05, 3.63) is 11.6 Å². The number of rotatable bonds is 2. The number of hydrogen-bond acceptors (Lipinski definition) is 9. The van der Waals surface area contributed by atoms with Crippen LogP contribution in [0, 0.1) is 16.7 Å². The van der Waals surface area contributed by atoms with E-state index in [2.05, 4.69) is 0 Å². The van der Waals surface area contributed by atoms with Crippen LogP contribution in [0.3, 0.4) is 0 Å². The molecule has 4 aliphatic heterocycles. The van der Waals surface area contributed by atoms with E-state index in [1.807, 2.05) is 6.92 Å². The molecular formula is C19H22O9. The van der Waals surface area contributed by atoms with Gasteiger partial charge in [-0.25, -0.2) is 4.79 Å². The quantitative estimate of drug-likeness (QED) is 0.374.